The van der Waals surface area contributed by atoms with Gasteiger partial charge in [0.05, 0.1) is 43.5 Å². The van der Waals surface area contributed by atoms with E-state index in [1.54, 1.807) is 67.8 Å². The number of aryl methyl sites for hydroxylation is 1. The normalized spacial score (nSPS) is 16.7. The van der Waals surface area contributed by atoms with Gasteiger partial charge in [0.1, 0.15) is 23.0 Å². The first kappa shape index (κ1) is 24.9. The average molecular weight is 514 g/mol. The maximum absolute atomic E-state index is 13.5. The number of amides is 1. The molecule has 1 unspecified atom stereocenters. The van der Waals surface area contributed by atoms with Crippen molar-refractivity contribution in [2.24, 2.45) is 0 Å². The van der Waals surface area contributed by atoms with Gasteiger partial charge in [0.25, 0.3) is 5.78 Å². The quantitative estimate of drug-likeness (QED) is 0.205. The lowest BCUT2D eigenvalue weighted by Gasteiger charge is -2.23. The van der Waals surface area contributed by atoms with Gasteiger partial charge in [0.2, 0.25) is 5.95 Å². The minimum absolute atomic E-state index is 0.0511. The van der Waals surface area contributed by atoms with E-state index < -0.39 is 17.7 Å². The number of ketones is 1. The molecule has 0 saturated carbocycles. The number of nitrogens with one attached hydrogen (secondary N) is 1. The Bertz CT molecular complexity index is 1590. The van der Waals surface area contributed by atoms with Gasteiger partial charge < -0.3 is 24.3 Å². The molecule has 0 aliphatic carbocycles. The van der Waals surface area contributed by atoms with Crippen LogP contribution < -0.4 is 19.1 Å². The summed E-state index contributed by atoms with van der Waals surface area (Å²) < 4.78 is 16.3. The zero-order chi connectivity index (χ0) is 27.0. The Balaban J connectivity index is 1.70. The second kappa shape index (κ2) is 9.93. The summed E-state index contributed by atoms with van der Waals surface area (Å²) in [4.78, 5) is 36.0. The van der Waals surface area contributed by atoms with Gasteiger partial charge in [-0.3, -0.25) is 14.5 Å². The molecule has 38 heavy (non-hydrogen) atoms. The third kappa shape index (κ3) is 4.21. The lowest BCUT2D eigenvalue weighted by molar-refractivity contribution is -0.132. The van der Waals surface area contributed by atoms with E-state index in [2.05, 4.69) is 9.97 Å². The van der Waals surface area contributed by atoms with E-state index in [0.717, 1.165) is 5.56 Å². The van der Waals surface area contributed by atoms with Crippen LogP contribution in [0.1, 0.15) is 29.7 Å². The second-order valence-corrected chi connectivity index (χ2v) is 8.80. The molecule has 4 aromatic rings. The van der Waals surface area contributed by atoms with E-state index in [4.69, 9.17) is 14.2 Å². The van der Waals surface area contributed by atoms with Gasteiger partial charge in [0.15, 0.2) is 0 Å². The number of ether oxygens (including phenoxy) is 3. The molecule has 1 aromatic heterocycles. The number of H-pyrrole nitrogens is 1. The summed E-state index contributed by atoms with van der Waals surface area (Å²) in [5, 5.41) is 11.4. The standard InChI is InChI=1S/C29H27N3O6/c1-5-38-23-12-9-18(13-16(23)2)26(33)24-25(17-7-6-8-19(14-17)36-3)32(28(35)27(24)34)29-30-21-11-10-20(37-4)15-22(21)31-29/h6-15,25,33H,5H2,1-4H3,(H,30,31)/b26-24+. The molecule has 0 bridgehead atoms. The Hall–Kier alpha value is -4.79. The van der Waals surface area contributed by atoms with Crippen LogP contribution in [-0.4, -0.2) is 47.6 Å². The zero-order valence-electron chi connectivity index (χ0n) is 21.4. The van der Waals surface area contributed by atoms with Crippen molar-refractivity contribution >= 4 is 34.4 Å². The van der Waals surface area contributed by atoms with Crippen molar-refractivity contribution in [3.05, 3.63) is 82.9 Å². The third-order valence-corrected chi connectivity index (χ3v) is 6.51. The molecule has 194 valence electrons. The molecule has 0 radical (unpaired) electrons. The van der Waals surface area contributed by atoms with E-state index in [9.17, 15) is 14.7 Å². The third-order valence-electron chi connectivity index (χ3n) is 6.51. The first-order valence-electron chi connectivity index (χ1n) is 12.1. The first-order chi connectivity index (χ1) is 18.4. The number of hydrogen-bond acceptors (Lipinski definition) is 7. The fraction of sp³-hybridized carbons (Fsp3) is 0.207. The van der Waals surface area contributed by atoms with Crippen LogP contribution in [0.5, 0.6) is 17.2 Å². The van der Waals surface area contributed by atoms with Crippen LogP contribution in [0.15, 0.2) is 66.2 Å². The van der Waals surface area contributed by atoms with Gasteiger partial charge >= 0.3 is 5.91 Å². The van der Waals surface area contributed by atoms with Gasteiger partial charge in [0, 0.05) is 11.6 Å². The first-order valence-corrected chi connectivity index (χ1v) is 12.1. The maximum atomic E-state index is 13.5. The Labute approximate surface area is 219 Å². The van der Waals surface area contributed by atoms with E-state index in [1.807, 2.05) is 13.8 Å². The van der Waals surface area contributed by atoms with Crippen LogP contribution in [0, 0.1) is 6.92 Å². The van der Waals surface area contributed by atoms with Crippen LogP contribution in [0.3, 0.4) is 0 Å². The molecule has 9 heteroatoms. The number of hydrogen-bond donors (Lipinski definition) is 2. The summed E-state index contributed by atoms with van der Waals surface area (Å²) in [7, 11) is 3.09. The van der Waals surface area contributed by atoms with Crippen molar-refractivity contribution in [3.63, 3.8) is 0 Å². The van der Waals surface area contributed by atoms with E-state index in [1.165, 1.54) is 12.0 Å². The fourth-order valence-electron chi connectivity index (χ4n) is 4.66. The Morgan fingerprint density at radius 3 is 2.50 bits per heavy atom. The molecule has 0 spiro atoms. The largest absolute Gasteiger partial charge is 0.507 e. The van der Waals surface area contributed by atoms with Crippen LogP contribution in [-0.2, 0) is 9.59 Å². The molecule has 1 aliphatic rings. The summed E-state index contributed by atoms with van der Waals surface area (Å²) in [6, 6.07) is 16.5. The smallest absolute Gasteiger partial charge is 0.302 e. The Morgan fingerprint density at radius 2 is 1.79 bits per heavy atom. The molecule has 2 N–H and O–H groups in total. The van der Waals surface area contributed by atoms with Crippen LogP contribution in [0.4, 0.5) is 5.95 Å². The zero-order valence-corrected chi connectivity index (χ0v) is 21.4. The Morgan fingerprint density at radius 1 is 1.03 bits per heavy atom. The van der Waals surface area contributed by atoms with Crippen molar-refractivity contribution in [2.75, 3.05) is 25.7 Å². The summed E-state index contributed by atoms with van der Waals surface area (Å²) in [5.41, 5.74) is 2.93. The average Bonchev–Trinajstić information content (AvgIpc) is 3.47. The molecule has 1 atom stereocenters. The van der Waals surface area contributed by atoms with Crippen molar-refractivity contribution in [2.45, 2.75) is 19.9 Å². The Kier molecular flexibility index (Phi) is 6.50. The number of rotatable bonds is 7. The fourth-order valence-corrected chi connectivity index (χ4v) is 4.66. The van der Waals surface area contributed by atoms with Crippen LogP contribution >= 0.6 is 0 Å². The lowest BCUT2D eigenvalue weighted by atomic mass is 9.94. The van der Waals surface area contributed by atoms with Crippen molar-refractivity contribution in [1.82, 2.24) is 9.97 Å². The molecule has 1 aliphatic heterocycles. The maximum Gasteiger partial charge on any atom is 0.302 e. The van der Waals surface area contributed by atoms with E-state index >= 15 is 0 Å². The number of fused-ring (bicyclic) bond motifs is 1. The molecule has 1 amide bonds. The minimum Gasteiger partial charge on any atom is -0.507 e. The highest BCUT2D eigenvalue weighted by Crippen LogP contribution is 2.42. The summed E-state index contributed by atoms with van der Waals surface area (Å²) >= 11 is 0. The highest BCUT2D eigenvalue weighted by atomic mass is 16.5. The number of anilines is 1. The lowest BCUT2D eigenvalue weighted by Crippen LogP contribution is -2.30. The molecular formula is C29H27N3O6. The number of carbonyl (C=O) groups is 2. The number of benzene rings is 3. The molecule has 1 fully saturated rings. The predicted molar refractivity (Wildman–Crippen MR) is 143 cm³/mol. The van der Waals surface area contributed by atoms with Crippen LogP contribution in [0.25, 0.3) is 16.8 Å². The number of aromatic amines is 1. The number of Topliss-reactive ketones (excluding diaryl/α,β-unsaturated/α-hetero) is 1. The number of aliphatic hydroxyl groups excluding tert-OH is 1. The highest BCUT2D eigenvalue weighted by Gasteiger charge is 2.48. The second-order valence-electron chi connectivity index (χ2n) is 8.80. The molecule has 9 nitrogen and oxygen atoms in total. The monoisotopic (exact) mass is 513 g/mol. The molecule has 5 rings (SSSR count). The van der Waals surface area contributed by atoms with Gasteiger partial charge in [-0.05, 0) is 67.4 Å². The van der Waals surface area contributed by atoms with Crippen molar-refractivity contribution in [3.8, 4) is 17.2 Å². The number of methoxy groups -OCH3 is 2. The predicted octanol–water partition coefficient (Wildman–Crippen LogP) is 4.91. The minimum atomic E-state index is -0.959. The summed E-state index contributed by atoms with van der Waals surface area (Å²) in [6.07, 6.45) is 0. The number of aliphatic hydroxyl groups is 1. The summed E-state index contributed by atoms with van der Waals surface area (Å²) in [5.74, 6) is 0.0801. The molecule has 2 heterocycles. The van der Waals surface area contributed by atoms with Gasteiger partial charge in [-0.1, -0.05) is 12.1 Å². The van der Waals surface area contributed by atoms with Gasteiger partial charge in [-0.15, -0.1) is 0 Å². The molecular weight excluding hydrogens is 486 g/mol. The summed E-state index contributed by atoms with van der Waals surface area (Å²) in [6.45, 7) is 4.23. The highest BCUT2D eigenvalue weighted by molar-refractivity contribution is 6.51. The van der Waals surface area contributed by atoms with E-state index in [0.29, 0.717) is 46.0 Å². The van der Waals surface area contributed by atoms with Gasteiger partial charge in [-0.2, -0.15) is 0 Å². The van der Waals surface area contributed by atoms with Gasteiger partial charge in [-0.25, -0.2) is 4.98 Å². The SMILES string of the molecule is CCOc1ccc(/C(O)=C2\C(=O)C(=O)N(c3nc4ccc(OC)cc4[nH]3)C2c2cccc(OC)c2)cc1C. The molecule has 1 saturated heterocycles. The number of imidazole rings is 1. The van der Waals surface area contributed by atoms with Crippen molar-refractivity contribution < 1.29 is 28.9 Å². The number of carbonyl (C=O) groups excluding carboxylic acids is 2. The number of aromatic nitrogens is 2. The number of nitrogens with zero attached hydrogens (tertiary/aromatic N) is 2. The molecule has 3 aromatic carbocycles. The topological polar surface area (TPSA) is 114 Å². The van der Waals surface area contributed by atoms with Crippen LogP contribution in [0.2, 0.25) is 0 Å². The van der Waals surface area contributed by atoms with E-state index in [-0.39, 0.29) is 17.3 Å². The van der Waals surface area contributed by atoms with Crippen molar-refractivity contribution in [1.29, 1.82) is 0 Å².